The molecule has 2 aliphatic rings. The summed E-state index contributed by atoms with van der Waals surface area (Å²) in [7, 11) is 0. The van der Waals surface area contributed by atoms with Gasteiger partial charge in [-0.15, -0.1) is 0 Å². The zero-order valence-corrected chi connectivity index (χ0v) is 8.90. The first-order valence-electron chi connectivity index (χ1n) is 5.15. The standard InChI is InChI=1S/C10H14N2O3/c1-6(13)5-11-7(2)9(14)12(10(11)15)8-3-4-8/h7-8H,3-5H2,1-2H3. The zero-order chi connectivity index (χ0) is 11.2. The molecule has 0 radical (unpaired) electrons. The van der Waals surface area contributed by atoms with Gasteiger partial charge in [0.25, 0.3) is 5.91 Å². The molecule has 0 aromatic rings. The molecule has 0 bridgehead atoms. The van der Waals surface area contributed by atoms with Gasteiger partial charge in [0, 0.05) is 6.04 Å². The van der Waals surface area contributed by atoms with Crippen molar-refractivity contribution in [3.05, 3.63) is 0 Å². The highest BCUT2D eigenvalue weighted by atomic mass is 16.2. The fourth-order valence-electron chi connectivity index (χ4n) is 1.85. The van der Waals surface area contributed by atoms with Gasteiger partial charge in [0.15, 0.2) is 0 Å². The monoisotopic (exact) mass is 210 g/mol. The van der Waals surface area contributed by atoms with Crippen molar-refractivity contribution in [3.8, 4) is 0 Å². The summed E-state index contributed by atoms with van der Waals surface area (Å²) in [4.78, 5) is 37.2. The third-order valence-electron chi connectivity index (χ3n) is 2.82. The lowest BCUT2D eigenvalue weighted by molar-refractivity contribution is -0.128. The molecule has 2 fully saturated rings. The molecule has 1 saturated heterocycles. The Morgan fingerprint density at radius 2 is 2.00 bits per heavy atom. The number of rotatable bonds is 3. The van der Waals surface area contributed by atoms with Gasteiger partial charge in [-0.3, -0.25) is 14.5 Å². The van der Waals surface area contributed by atoms with E-state index in [0.29, 0.717) is 0 Å². The molecule has 5 nitrogen and oxygen atoms in total. The highest BCUT2D eigenvalue weighted by Crippen LogP contribution is 2.32. The fraction of sp³-hybridized carbons (Fsp3) is 0.700. The van der Waals surface area contributed by atoms with Crippen molar-refractivity contribution in [2.45, 2.75) is 38.8 Å². The Balaban J connectivity index is 2.16. The topological polar surface area (TPSA) is 57.7 Å². The van der Waals surface area contributed by atoms with Crippen molar-refractivity contribution >= 4 is 17.7 Å². The summed E-state index contributed by atoms with van der Waals surface area (Å²) in [6, 6.07) is -0.698. The Morgan fingerprint density at radius 3 is 2.47 bits per heavy atom. The quantitative estimate of drug-likeness (QED) is 0.633. The summed E-state index contributed by atoms with van der Waals surface area (Å²) in [5.41, 5.74) is 0. The molecule has 5 heteroatoms. The average Bonchev–Trinajstić information content (AvgIpc) is 2.93. The Bertz CT molecular complexity index is 336. The van der Waals surface area contributed by atoms with Gasteiger partial charge in [0.1, 0.15) is 11.8 Å². The highest BCUT2D eigenvalue weighted by Gasteiger charge is 2.48. The molecule has 3 amide bonds. The van der Waals surface area contributed by atoms with Crippen LogP contribution in [0, 0.1) is 0 Å². The fourth-order valence-corrected chi connectivity index (χ4v) is 1.85. The van der Waals surface area contributed by atoms with Crippen molar-refractivity contribution < 1.29 is 14.4 Å². The normalized spacial score (nSPS) is 26.4. The molecule has 1 aliphatic carbocycles. The Kier molecular flexibility index (Phi) is 2.25. The SMILES string of the molecule is CC(=O)CN1C(=O)N(C2CC2)C(=O)C1C. The third kappa shape index (κ3) is 1.62. The van der Waals surface area contributed by atoms with Crippen LogP contribution in [0.15, 0.2) is 0 Å². The first-order chi connectivity index (χ1) is 7.02. The lowest BCUT2D eigenvalue weighted by atomic mass is 10.3. The maximum atomic E-state index is 11.8. The maximum absolute atomic E-state index is 11.8. The van der Waals surface area contributed by atoms with Crippen LogP contribution in [-0.2, 0) is 9.59 Å². The van der Waals surface area contributed by atoms with Crippen molar-refractivity contribution in [1.29, 1.82) is 0 Å². The van der Waals surface area contributed by atoms with Crippen LogP contribution < -0.4 is 0 Å². The Morgan fingerprint density at radius 1 is 1.40 bits per heavy atom. The van der Waals surface area contributed by atoms with E-state index in [2.05, 4.69) is 0 Å². The average molecular weight is 210 g/mol. The van der Waals surface area contributed by atoms with Crippen LogP contribution in [0.1, 0.15) is 26.7 Å². The summed E-state index contributed by atoms with van der Waals surface area (Å²) in [5.74, 6) is -0.260. The smallest absolute Gasteiger partial charge is 0.305 e. The largest absolute Gasteiger partial charge is 0.328 e. The molecule has 2 rings (SSSR count). The second-order valence-corrected chi connectivity index (χ2v) is 4.23. The van der Waals surface area contributed by atoms with Crippen LogP contribution in [0.25, 0.3) is 0 Å². The number of hydrogen-bond donors (Lipinski definition) is 0. The number of hydrogen-bond acceptors (Lipinski definition) is 3. The van der Waals surface area contributed by atoms with E-state index >= 15 is 0 Å². The van der Waals surface area contributed by atoms with E-state index < -0.39 is 6.04 Å². The molecule has 0 aromatic heterocycles. The van der Waals surface area contributed by atoms with E-state index in [1.54, 1.807) is 6.92 Å². The molecular weight excluding hydrogens is 196 g/mol. The van der Waals surface area contributed by atoms with E-state index in [4.69, 9.17) is 0 Å². The minimum atomic E-state index is -0.484. The number of nitrogens with zero attached hydrogens (tertiary/aromatic N) is 2. The van der Waals surface area contributed by atoms with E-state index in [-0.39, 0.29) is 30.3 Å². The number of Topliss-reactive ketones (excluding diaryl/α,β-unsaturated/α-hetero) is 1. The van der Waals surface area contributed by atoms with Crippen LogP contribution in [0.4, 0.5) is 4.79 Å². The van der Waals surface area contributed by atoms with Gasteiger partial charge in [0.2, 0.25) is 0 Å². The summed E-state index contributed by atoms with van der Waals surface area (Å²) in [6.45, 7) is 3.13. The molecule has 0 aromatic carbocycles. The van der Waals surface area contributed by atoms with Crippen LogP contribution >= 0.6 is 0 Å². The molecule has 1 heterocycles. The van der Waals surface area contributed by atoms with Crippen LogP contribution in [-0.4, -0.2) is 46.1 Å². The molecule has 1 atom stereocenters. The molecule has 82 valence electrons. The van der Waals surface area contributed by atoms with E-state index in [9.17, 15) is 14.4 Å². The number of ketones is 1. The molecule has 1 saturated carbocycles. The Hall–Kier alpha value is -1.39. The summed E-state index contributed by atoms with van der Waals surface area (Å²) in [5, 5.41) is 0. The van der Waals surface area contributed by atoms with E-state index in [0.717, 1.165) is 12.8 Å². The molecular formula is C10H14N2O3. The number of imide groups is 1. The second-order valence-electron chi connectivity index (χ2n) is 4.23. The second kappa shape index (κ2) is 3.32. The Labute approximate surface area is 88.0 Å². The molecule has 0 N–H and O–H groups in total. The number of amides is 3. The molecule has 0 spiro atoms. The third-order valence-corrected chi connectivity index (χ3v) is 2.82. The van der Waals surface area contributed by atoms with E-state index in [1.807, 2.05) is 0 Å². The van der Waals surface area contributed by atoms with Crippen molar-refractivity contribution in [3.63, 3.8) is 0 Å². The van der Waals surface area contributed by atoms with Crippen molar-refractivity contribution in [2.24, 2.45) is 0 Å². The maximum Gasteiger partial charge on any atom is 0.328 e. The van der Waals surface area contributed by atoms with Crippen LogP contribution in [0.3, 0.4) is 0 Å². The van der Waals surface area contributed by atoms with Gasteiger partial charge in [-0.25, -0.2) is 4.79 Å². The van der Waals surface area contributed by atoms with Crippen molar-refractivity contribution in [1.82, 2.24) is 9.80 Å². The van der Waals surface area contributed by atoms with Crippen LogP contribution in [0.2, 0.25) is 0 Å². The highest BCUT2D eigenvalue weighted by molar-refractivity contribution is 6.05. The molecule has 1 unspecified atom stereocenters. The first-order valence-corrected chi connectivity index (χ1v) is 5.15. The predicted molar refractivity (Wildman–Crippen MR) is 52.1 cm³/mol. The predicted octanol–water partition coefficient (Wildman–Crippen LogP) is 0.390. The summed E-state index contributed by atoms with van der Waals surface area (Å²) < 4.78 is 0. The minimum absolute atomic E-state index is 0.0367. The molecule has 15 heavy (non-hydrogen) atoms. The number of carbonyl (C=O) groups excluding carboxylic acids is 3. The van der Waals surface area contributed by atoms with Gasteiger partial charge < -0.3 is 4.90 Å². The minimum Gasteiger partial charge on any atom is -0.305 e. The van der Waals surface area contributed by atoms with Gasteiger partial charge in [0.05, 0.1) is 6.54 Å². The number of carbonyl (C=O) groups is 3. The summed E-state index contributed by atoms with van der Waals surface area (Å²) >= 11 is 0. The van der Waals surface area contributed by atoms with Gasteiger partial charge >= 0.3 is 6.03 Å². The zero-order valence-electron chi connectivity index (χ0n) is 8.90. The summed E-state index contributed by atoms with van der Waals surface area (Å²) in [6.07, 6.45) is 1.80. The van der Waals surface area contributed by atoms with E-state index in [1.165, 1.54) is 16.7 Å². The lowest BCUT2D eigenvalue weighted by Gasteiger charge is -2.17. The van der Waals surface area contributed by atoms with Crippen molar-refractivity contribution in [2.75, 3.05) is 6.54 Å². The van der Waals surface area contributed by atoms with Crippen LogP contribution in [0.5, 0.6) is 0 Å². The van der Waals surface area contributed by atoms with Gasteiger partial charge in [-0.2, -0.15) is 0 Å². The van der Waals surface area contributed by atoms with Gasteiger partial charge in [-0.1, -0.05) is 0 Å². The lowest BCUT2D eigenvalue weighted by Crippen LogP contribution is -2.37. The molecule has 1 aliphatic heterocycles. The number of urea groups is 1. The van der Waals surface area contributed by atoms with Gasteiger partial charge in [-0.05, 0) is 26.7 Å². The first kappa shape index (κ1) is 10.1.